The first-order valence-corrected chi connectivity index (χ1v) is 9.05. The van der Waals surface area contributed by atoms with Gasteiger partial charge in [0.15, 0.2) is 11.4 Å². The van der Waals surface area contributed by atoms with E-state index in [4.69, 9.17) is 10.2 Å². The smallest absolute Gasteiger partial charge is 0.277 e. The maximum Gasteiger partial charge on any atom is 0.277 e. The topological polar surface area (TPSA) is 139 Å². The van der Waals surface area contributed by atoms with Crippen LogP contribution in [0, 0.1) is 5.92 Å². The molecule has 2 aromatic heterocycles. The maximum absolute atomic E-state index is 12.4. The number of nitrogens with two attached hydrogens (primary N) is 1. The van der Waals surface area contributed by atoms with Gasteiger partial charge in [0.2, 0.25) is 5.89 Å². The Morgan fingerprint density at radius 3 is 2.83 bits per heavy atom. The molecule has 1 aliphatic carbocycles. The van der Waals surface area contributed by atoms with E-state index in [0.29, 0.717) is 11.5 Å². The van der Waals surface area contributed by atoms with E-state index >= 15 is 0 Å². The van der Waals surface area contributed by atoms with Crippen molar-refractivity contribution in [1.29, 1.82) is 0 Å². The number of oxazole rings is 1. The van der Waals surface area contributed by atoms with Gasteiger partial charge in [-0.2, -0.15) is 5.10 Å². The number of hydrogen-bond acceptors (Lipinski definition) is 8. The van der Waals surface area contributed by atoms with Gasteiger partial charge in [0, 0.05) is 32.4 Å². The van der Waals surface area contributed by atoms with Crippen LogP contribution in [0.4, 0.5) is 5.82 Å². The molecule has 0 atom stereocenters. The van der Waals surface area contributed by atoms with Crippen molar-refractivity contribution in [2.45, 2.75) is 12.8 Å². The number of hydrazone groups is 1. The lowest BCUT2D eigenvalue weighted by Gasteiger charge is -2.11. The number of anilines is 1. The minimum atomic E-state index is -0.812. The van der Waals surface area contributed by atoms with E-state index in [2.05, 4.69) is 32.3 Å². The van der Waals surface area contributed by atoms with Gasteiger partial charge in [0.05, 0.1) is 5.70 Å². The van der Waals surface area contributed by atoms with Crippen LogP contribution in [-0.4, -0.2) is 53.1 Å². The Kier molecular flexibility index (Phi) is 5.91. The van der Waals surface area contributed by atoms with Crippen LogP contribution in [0.3, 0.4) is 0 Å². The predicted molar refractivity (Wildman–Crippen MR) is 108 cm³/mol. The molecule has 2 heterocycles. The number of rotatable bonds is 9. The molecule has 10 heteroatoms. The summed E-state index contributed by atoms with van der Waals surface area (Å²) in [5.41, 5.74) is 5.81. The molecular formula is C19H23N7O3. The lowest BCUT2D eigenvalue weighted by molar-refractivity contribution is -0.112. The van der Waals surface area contributed by atoms with Crippen LogP contribution in [0.15, 0.2) is 46.4 Å². The normalized spacial score (nSPS) is 13.7. The Balaban J connectivity index is 1.69. The molecule has 0 spiro atoms. The molecule has 4 N–H and O–H groups in total. The molecule has 1 saturated carbocycles. The number of aromatic nitrogens is 2. The van der Waals surface area contributed by atoms with E-state index in [1.54, 1.807) is 26.4 Å². The van der Waals surface area contributed by atoms with Crippen LogP contribution in [0.2, 0.25) is 0 Å². The Hall–Kier alpha value is -3.69. The van der Waals surface area contributed by atoms with Gasteiger partial charge in [0.25, 0.3) is 11.8 Å². The molecular weight excluding hydrogens is 374 g/mol. The molecule has 1 fully saturated rings. The Labute approximate surface area is 167 Å². The summed E-state index contributed by atoms with van der Waals surface area (Å²) in [5.74, 6) is 0.298. The minimum Gasteiger partial charge on any atom is -0.444 e. The van der Waals surface area contributed by atoms with Gasteiger partial charge >= 0.3 is 0 Å². The summed E-state index contributed by atoms with van der Waals surface area (Å²) in [5, 5.41) is 11.0. The quantitative estimate of drug-likeness (QED) is 0.427. The molecule has 1 aliphatic rings. The highest BCUT2D eigenvalue weighted by Crippen LogP contribution is 2.29. The zero-order valence-electron chi connectivity index (χ0n) is 16.3. The monoisotopic (exact) mass is 397 g/mol. The van der Waals surface area contributed by atoms with Crippen LogP contribution in [0.25, 0.3) is 11.5 Å². The molecule has 2 aromatic rings. The first-order chi connectivity index (χ1) is 13.8. The van der Waals surface area contributed by atoms with Gasteiger partial charge < -0.3 is 25.8 Å². The highest BCUT2D eigenvalue weighted by Gasteiger charge is 2.21. The van der Waals surface area contributed by atoms with Gasteiger partial charge in [-0.25, -0.2) is 9.97 Å². The SMILES string of the molecule is C=C(NC(=O)c1coc(-c2ccnc(NCC3CC3)c2)n1)/C(=N\N(C)C)C(N)=O. The predicted octanol–water partition coefficient (Wildman–Crippen LogP) is 1.20. The van der Waals surface area contributed by atoms with E-state index in [0.717, 1.165) is 12.4 Å². The number of pyridine rings is 1. The third kappa shape index (κ3) is 5.41. The zero-order valence-corrected chi connectivity index (χ0v) is 16.3. The summed E-state index contributed by atoms with van der Waals surface area (Å²) < 4.78 is 5.43. The Morgan fingerprint density at radius 2 is 2.17 bits per heavy atom. The average molecular weight is 397 g/mol. The van der Waals surface area contributed by atoms with Gasteiger partial charge in [-0.05, 0) is 30.9 Å². The van der Waals surface area contributed by atoms with E-state index in [-0.39, 0.29) is 23.0 Å². The fourth-order valence-corrected chi connectivity index (χ4v) is 2.46. The van der Waals surface area contributed by atoms with Crippen molar-refractivity contribution in [3.05, 3.63) is 42.6 Å². The number of nitrogens with one attached hydrogen (secondary N) is 2. The van der Waals surface area contributed by atoms with Crippen molar-refractivity contribution in [2.24, 2.45) is 16.8 Å². The van der Waals surface area contributed by atoms with Crippen molar-refractivity contribution < 1.29 is 14.0 Å². The van der Waals surface area contributed by atoms with Crippen molar-refractivity contribution in [3.8, 4) is 11.5 Å². The van der Waals surface area contributed by atoms with Gasteiger partial charge in [-0.1, -0.05) is 6.58 Å². The second-order valence-electron chi connectivity index (χ2n) is 6.88. The van der Waals surface area contributed by atoms with Crippen molar-refractivity contribution in [2.75, 3.05) is 26.0 Å². The molecule has 0 aliphatic heterocycles. The number of amides is 2. The molecule has 29 heavy (non-hydrogen) atoms. The largest absolute Gasteiger partial charge is 0.444 e. The molecule has 10 nitrogen and oxygen atoms in total. The Bertz CT molecular complexity index is 960. The molecule has 152 valence electrons. The van der Waals surface area contributed by atoms with Crippen LogP contribution in [-0.2, 0) is 4.79 Å². The highest BCUT2D eigenvalue weighted by atomic mass is 16.3. The van der Waals surface area contributed by atoms with Crippen LogP contribution >= 0.6 is 0 Å². The third-order valence-electron chi connectivity index (χ3n) is 4.10. The van der Waals surface area contributed by atoms with E-state index in [1.165, 1.54) is 24.1 Å². The van der Waals surface area contributed by atoms with E-state index in [9.17, 15) is 9.59 Å². The highest BCUT2D eigenvalue weighted by molar-refractivity contribution is 6.44. The molecule has 0 bridgehead atoms. The van der Waals surface area contributed by atoms with Crippen molar-refractivity contribution >= 4 is 23.3 Å². The molecule has 0 unspecified atom stereocenters. The molecule has 0 radical (unpaired) electrons. The lowest BCUT2D eigenvalue weighted by Crippen LogP contribution is -2.35. The molecule has 2 amide bonds. The summed E-state index contributed by atoms with van der Waals surface area (Å²) in [6, 6.07) is 3.55. The fraction of sp³-hybridized carbons (Fsp3) is 0.316. The summed E-state index contributed by atoms with van der Waals surface area (Å²) in [4.78, 5) is 32.4. The summed E-state index contributed by atoms with van der Waals surface area (Å²) in [6.07, 6.45) is 5.36. The first-order valence-electron chi connectivity index (χ1n) is 9.05. The lowest BCUT2D eigenvalue weighted by atomic mass is 10.2. The Morgan fingerprint density at radius 1 is 1.41 bits per heavy atom. The number of primary amides is 1. The van der Waals surface area contributed by atoms with Crippen LogP contribution in [0.1, 0.15) is 23.3 Å². The summed E-state index contributed by atoms with van der Waals surface area (Å²) >= 11 is 0. The standard InChI is InChI=1S/C19H23N7O3/c1-11(16(17(20)27)25-26(2)3)23-18(28)14-10-29-19(24-14)13-6-7-21-15(8-13)22-9-12-4-5-12/h6-8,10,12H,1,4-5,9H2,2-3H3,(H2,20,27)(H,21,22)(H,23,28)/b25-16+. The van der Waals surface area contributed by atoms with Gasteiger partial charge in [-0.15, -0.1) is 0 Å². The van der Waals surface area contributed by atoms with E-state index in [1.807, 2.05) is 6.07 Å². The number of hydrogen-bond donors (Lipinski definition) is 3. The second kappa shape index (κ2) is 8.55. The van der Waals surface area contributed by atoms with Gasteiger partial charge in [-0.3, -0.25) is 9.59 Å². The third-order valence-corrected chi connectivity index (χ3v) is 4.10. The summed E-state index contributed by atoms with van der Waals surface area (Å²) in [6.45, 7) is 4.53. The van der Waals surface area contributed by atoms with Crippen LogP contribution in [0.5, 0.6) is 0 Å². The second-order valence-corrected chi connectivity index (χ2v) is 6.88. The zero-order chi connectivity index (χ0) is 21.0. The van der Waals surface area contributed by atoms with Crippen molar-refractivity contribution in [3.63, 3.8) is 0 Å². The first kappa shape index (κ1) is 20.1. The average Bonchev–Trinajstić information content (AvgIpc) is 3.37. The maximum atomic E-state index is 12.4. The van der Waals surface area contributed by atoms with Crippen molar-refractivity contribution in [1.82, 2.24) is 20.3 Å². The van der Waals surface area contributed by atoms with Gasteiger partial charge in [0.1, 0.15) is 12.1 Å². The summed E-state index contributed by atoms with van der Waals surface area (Å²) in [7, 11) is 3.23. The molecule has 3 rings (SSSR count). The fourth-order valence-electron chi connectivity index (χ4n) is 2.46. The van der Waals surface area contributed by atoms with Crippen LogP contribution < -0.4 is 16.4 Å². The van der Waals surface area contributed by atoms with E-state index < -0.39 is 11.8 Å². The minimum absolute atomic E-state index is 0.0270. The number of carbonyl (C=O) groups is 2. The number of carbonyl (C=O) groups excluding carboxylic acids is 2. The molecule has 0 saturated heterocycles. The number of nitrogens with zero attached hydrogens (tertiary/aromatic N) is 4. The molecule has 0 aromatic carbocycles.